The van der Waals surface area contributed by atoms with Crippen LogP contribution >= 0.6 is 0 Å². The summed E-state index contributed by atoms with van der Waals surface area (Å²) in [5.41, 5.74) is 2.16. The Bertz CT molecular complexity index is 699. The molecule has 0 aliphatic rings. The Morgan fingerprint density at radius 3 is 2.57 bits per heavy atom. The van der Waals surface area contributed by atoms with Crippen LogP contribution in [0, 0.1) is 19.7 Å². The van der Waals surface area contributed by atoms with Gasteiger partial charge in [-0.2, -0.15) is 5.10 Å². The van der Waals surface area contributed by atoms with E-state index in [9.17, 15) is 14.3 Å². The number of aliphatic hydroxyl groups excluding tert-OH is 1. The van der Waals surface area contributed by atoms with E-state index >= 15 is 0 Å². The van der Waals surface area contributed by atoms with Crippen molar-refractivity contribution in [2.75, 3.05) is 0 Å². The molecule has 6 heteroatoms. The van der Waals surface area contributed by atoms with E-state index < -0.39 is 24.0 Å². The number of hydrogen-bond acceptors (Lipinski definition) is 3. The smallest absolute Gasteiger partial charge is 0.244 e. The van der Waals surface area contributed by atoms with Crippen molar-refractivity contribution in [2.45, 2.75) is 45.9 Å². The fraction of sp³-hybridized carbons (Fsp3) is 0.412. The number of amides is 1. The molecule has 0 radical (unpaired) electrons. The van der Waals surface area contributed by atoms with E-state index in [-0.39, 0.29) is 5.91 Å². The topological polar surface area (TPSA) is 67.2 Å². The van der Waals surface area contributed by atoms with E-state index in [1.165, 1.54) is 18.2 Å². The number of hydrogen-bond donors (Lipinski definition) is 2. The molecule has 1 amide bonds. The Hall–Kier alpha value is -2.21. The fourth-order valence-corrected chi connectivity index (χ4v) is 2.55. The largest absolute Gasteiger partial charge is 0.386 e. The van der Waals surface area contributed by atoms with E-state index in [0.29, 0.717) is 5.56 Å². The molecule has 1 aromatic carbocycles. The summed E-state index contributed by atoms with van der Waals surface area (Å²) in [6, 6.07) is 6.58. The molecular weight excluding hydrogens is 297 g/mol. The molecule has 5 nitrogen and oxygen atoms in total. The van der Waals surface area contributed by atoms with Crippen LogP contribution in [0.1, 0.15) is 42.9 Å². The van der Waals surface area contributed by atoms with Crippen LogP contribution in [0.15, 0.2) is 30.3 Å². The van der Waals surface area contributed by atoms with Crippen LogP contribution in [0.5, 0.6) is 0 Å². The van der Waals surface area contributed by atoms with Gasteiger partial charge in [-0.3, -0.25) is 9.48 Å². The van der Waals surface area contributed by atoms with Crippen molar-refractivity contribution >= 4 is 5.91 Å². The maximum Gasteiger partial charge on any atom is 0.244 e. The summed E-state index contributed by atoms with van der Waals surface area (Å²) in [7, 11) is 0. The van der Waals surface area contributed by atoms with Crippen LogP contribution in [0.2, 0.25) is 0 Å². The van der Waals surface area contributed by atoms with Crippen molar-refractivity contribution in [3.8, 4) is 0 Å². The van der Waals surface area contributed by atoms with Crippen molar-refractivity contribution in [1.29, 1.82) is 0 Å². The molecule has 0 unspecified atom stereocenters. The van der Waals surface area contributed by atoms with Gasteiger partial charge in [-0.05, 0) is 51.5 Å². The Morgan fingerprint density at radius 1 is 1.30 bits per heavy atom. The van der Waals surface area contributed by atoms with Gasteiger partial charge >= 0.3 is 0 Å². The average molecular weight is 319 g/mol. The standard InChI is InChI=1S/C17H22FN3O2/c1-10-8-11(2)21(20-10)13(4)17(23)19-12(3)16(22)14-6-5-7-15(18)9-14/h5-9,12-13,16,22H,1-4H3,(H,19,23)/t12-,13+,16+/m0/s1. The molecule has 0 bridgehead atoms. The summed E-state index contributed by atoms with van der Waals surface area (Å²) < 4.78 is 14.9. The van der Waals surface area contributed by atoms with Gasteiger partial charge in [0.15, 0.2) is 0 Å². The minimum atomic E-state index is -0.984. The highest BCUT2D eigenvalue weighted by Crippen LogP contribution is 2.19. The van der Waals surface area contributed by atoms with Gasteiger partial charge < -0.3 is 10.4 Å². The van der Waals surface area contributed by atoms with E-state index in [1.54, 1.807) is 24.6 Å². The highest BCUT2D eigenvalue weighted by Gasteiger charge is 2.23. The van der Waals surface area contributed by atoms with E-state index in [4.69, 9.17) is 0 Å². The van der Waals surface area contributed by atoms with Crippen LogP contribution in [-0.2, 0) is 4.79 Å². The molecule has 0 aliphatic carbocycles. The van der Waals surface area contributed by atoms with Crippen molar-refractivity contribution in [1.82, 2.24) is 15.1 Å². The monoisotopic (exact) mass is 319 g/mol. The quantitative estimate of drug-likeness (QED) is 0.889. The van der Waals surface area contributed by atoms with Gasteiger partial charge in [0.1, 0.15) is 11.9 Å². The van der Waals surface area contributed by atoms with Gasteiger partial charge in [0.2, 0.25) is 5.91 Å². The number of carbonyl (C=O) groups is 1. The molecule has 2 rings (SSSR count). The lowest BCUT2D eigenvalue weighted by molar-refractivity contribution is -0.125. The second-order valence-electron chi connectivity index (χ2n) is 5.84. The lowest BCUT2D eigenvalue weighted by atomic mass is 10.0. The number of halogens is 1. The summed E-state index contributed by atoms with van der Waals surface area (Å²) in [6.45, 7) is 7.18. The van der Waals surface area contributed by atoms with Gasteiger partial charge in [-0.15, -0.1) is 0 Å². The second kappa shape index (κ2) is 6.91. The predicted molar refractivity (Wildman–Crippen MR) is 85.4 cm³/mol. The predicted octanol–water partition coefficient (Wildman–Crippen LogP) is 2.44. The van der Waals surface area contributed by atoms with Gasteiger partial charge in [-0.1, -0.05) is 12.1 Å². The van der Waals surface area contributed by atoms with Crippen molar-refractivity contribution in [2.24, 2.45) is 0 Å². The van der Waals surface area contributed by atoms with Crippen molar-refractivity contribution < 1.29 is 14.3 Å². The zero-order valence-electron chi connectivity index (χ0n) is 13.7. The Labute approximate surface area is 135 Å². The average Bonchev–Trinajstić information content (AvgIpc) is 2.84. The first kappa shape index (κ1) is 17.1. The number of carbonyl (C=O) groups excluding carboxylic acids is 1. The molecule has 2 aromatic rings. The molecule has 1 aromatic heterocycles. The molecule has 0 spiro atoms. The zero-order valence-corrected chi connectivity index (χ0v) is 13.7. The molecule has 2 N–H and O–H groups in total. The molecular formula is C17H22FN3O2. The van der Waals surface area contributed by atoms with Crippen LogP contribution in [0.3, 0.4) is 0 Å². The van der Waals surface area contributed by atoms with Crippen molar-refractivity contribution in [3.63, 3.8) is 0 Å². The molecule has 0 saturated carbocycles. The number of aromatic nitrogens is 2. The highest BCUT2D eigenvalue weighted by atomic mass is 19.1. The third-order valence-electron chi connectivity index (χ3n) is 3.82. The Kier molecular flexibility index (Phi) is 5.15. The van der Waals surface area contributed by atoms with Gasteiger partial charge in [-0.25, -0.2) is 4.39 Å². The first-order valence-electron chi connectivity index (χ1n) is 7.56. The van der Waals surface area contributed by atoms with E-state index in [2.05, 4.69) is 10.4 Å². The SMILES string of the molecule is Cc1cc(C)n([C@H](C)C(=O)N[C@@H](C)[C@@H](O)c2cccc(F)c2)n1. The second-order valence-corrected chi connectivity index (χ2v) is 5.84. The lowest BCUT2D eigenvalue weighted by Gasteiger charge is -2.23. The minimum Gasteiger partial charge on any atom is -0.386 e. The first-order valence-corrected chi connectivity index (χ1v) is 7.56. The molecule has 124 valence electrons. The Morgan fingerprint density at radius 2 is 2.00 bits per heavy atom. The fourth-order valence-electron chi connectivity index (χ4n) is 2.55. The molecule has 0 saturated heterocycles. The molecule has 1 heterocycles. The number of aliphatic hydroxyl groups is 1. The molecule has 3 atom stereocenters. The zero-order chi connectivity index (χ0) is 17.1. The molecule has 0 fully saturated rings. The summed E-state index contributed by atoms with van der Waals surface area (Å²) in [4.78, 5) is 12.4. The minimum absolute atomic E-state index is 0.251. The highest BCUT2D eigenvalue weighted by molar-refractivity contribution is 5.80. The van der Waals surface area contributed by atoms with E-state index in [1.807, 2.05) is 19.9 Å². The molecule has 23 heavy (non-hydrogen) atoms. The number of nitrogens with one attached hydrogen (secondary N) is 1. The maximum absolute atomic E-state index is 13.2. The summed E-state index contributed by atoms with van der Waals surface area (Å²) in [5.74, 6) is -0.671. The summed E-state index contributed by atoms with van der Waals surface area (Å²) in [5, 5.41) is 17.3. The van der Waals surface area contributed by atoms with Gasteiger partial charge in [0.25, 0.3) is 0 Å². The third-order valence-corrected chi connectivity index (χ3v) is 3.82. The number of nitrogens with zero attached hydrogens (tertiary/aromatic N) is 2. The summed E-state index contributed by atoms with van der Waals surface area (Å²) >= 11 is 0. The lowest BCUT2D eigenvalue weighted by Crippen LogP contribution is -2.41. The van der Waals surface area contributed by atoms with Crippen LogP contribution in [0.25, 0.3) is 0 Å². The van der Waals surface area contributed by atoms with Crippen LogP contribution in [-0.4, -0.2) is 26.8 Å². The third kappa shape index (κ3) is 3.96. The Balaban J connectivity index is 2.05. The number of benzene rings is 1. The van der Waals surface area contributed by atoms with Gasteiger partial charge in [0.05, 0.1) is 17.8 Å². The first-order chi connectivity index (χ1) is 10.8. The van der Waals surface area contributed by atoms with Crippen molar-refractivity contribution in [3.05, 3.63) is 53.1 Å². The number of rotatable bonds is 5. The normalized spacial score (nSPS) is 15.0. The van der Waals surface area contributed by atoms with Crippen LogP contribution in [0.4, 0.5) is 4.39 Å². The van der Waals surface area contributed by atoms with E-state index in [0.717, 1.165) is 11.4 Å². The maximum atomic E-state index is 13.2. The summed E-state index contributed by atoms with van der Waals surface area (Å²) in [6.07, 6.45) is -0.984. The molecule has 0 aliphatic heterocycles. The number of aryl methyl sites for hydroxylation is 2. The van der Waals surface area contributed by atoms with Crippen LogP contribution < -0.4 is 5.32 Å². The van der Waals surface area contributed by atoms with Gasteiger partial charge in [0, 0.05) is 5.69 Å².